The molecule has 0 aliphatic rings. The van der Waals surface area contributed by atoms with Crippen molar-refractivity contribution in [3.63, 3.8) is 0 Å². The second-order valence-corrected chi connectivity index (χ2v) is 6.57. The maximum absolute atomic E-state index is 12.7. The molecule has 0 unspecified atom stereocenters. The molecule has 1 amide bonds. The number of ether oxygens (including phenoxy) is 1. The van der Waals surface area contributed by atoms with Crippen molar-refractivity contribution in [3.05, 3.63) is 58.9 Å². The van der Waals surface area contributed by atoms with Crippen molar-refractivity contribution in [2.75, 3.05) is 14.2 Å². The molecule has 3 aromatic rings. The zero-order chi connectivity index (χ0) is 18.0. The van der Waals surface area contributed by atoms with Crippen LogP contribution in [0.15, 0.2) is 42.5 Å². The van der Waals surface area contributed by atoms with Crippen LogP contribution in [0, 0.1) is 0 Å². The van der Waals surface area contributed by atoms with Gasteiger partial charge in [-0.2, -0.15) is 0 Å². The predicted molar refractivity (Wildman–Crippen MR) is 95.7 cm³/mol. The minimum atomic E-state index is -0.573. The van der Waals surface area contributed by atoms with E-state index in [0.29, 0.717) is 0 Å². The monoisotopic (exact) mass is 355 g/mol. The summed E-state index contributed by atoms with van der Waals surface area (Å²) < 4.78 is 5.73. The van der Waals surface area contributed by atoms with Crippen LogP contribution < -0.4 is 0 Å². The molecule has 0 aliphatic heterocycles. The van der Waals surface area contributed by atoms with Gasteiger partial charge in [0.15, 0.2) is 0 Å². The summed E-state index contributed by atoms with van der Waals surface area (Å²) in [6.45, 7) is 1.92. The van der Waals surface area contributed by atoms with Crippen LogP contribution in [0.25, 0.3) is 10.2 Å². The summed E-state index contributed by atoms with van der Waals surface area (Å²) in [5, 5.41) is 0.848. The number of thiazole rings is 1. The molecule has 0 N–H and O–H groups in total. The lowest BCUT2D eigenvalue weighted by atomic mass is 10.2. The largest absolute Gasteiger partial charge is 0.464 e. The number of rotatable bonds is 4. The van der Waals surface area contributed by atoms with Gasteiger partial charge in [0.25, 0.3) is 5.91 Å². The molecule has 0 saturated carbocycles. The highest BCUT2D eigenvalue weighted by atomic mass is 32.1. The maximum atomic E-state index is 12.7. The fourth-order valence-corrected chi connectivity index (χ4v) is 3.43. The fraction of sp³-hybridized carbons (Fsp3) is 0.222. The smallest absolute Gasteiger partial charge is 0.356 e. The summed E-state index contributed by atoms with van der Waals surface area (Å²) in [6, 6.07) is 12.4. The highest BCUT2D eigenvalue weighted by molar-refractivity contribution is 7.18. The van der Waals surface area contributed by atoms with Gasteiger partial charge in [0, 0.05) is 7.05 Å². The van der Waals surface area contributed by atoms with E-state index in [0.717, 1.165) is 15.2 Å². The summed E-state index contributed by atoms with van der Waals surface area (Å²) in [4.78, 5) is 34.6. The number of para-hydroxylation sites is 1. The minimum absolute atomic E-state index is 0.106. The molecule has 2 heterocycles. The number of nitrogens with zero attached hydrogens (tertiary/aromatic N) is 3. The van der Waals surface area contributed by atoms with Crippen LogP contribution in [0.5, 0.6) is 0 Å². The third-order valence-electron chi connectivity index (χ3n) is 3.93. The Labute approximate surface area is 149 Å². The first-order valence-corrected chi connectivity index (χ1v) is 8.51. The van der Waals surface area contributed by atoms with Crippen molar-refractivity contribution in [1.82, 2.24) is 14.9 Å². The van der Waals surface area contributed by atoms with E-state index in [1.165, 1.54) is 13.2 Å². The lowest BCUT2D eigenvalue weighted by Gasteiger charge is -2.22. The molecule has 3 rings (SSSR count). The van der Waals surface area contributed by atoms with E-state index in [-0.39, 0.29) is 23.3 Å². The number of benzene rings is 1. The number of carbonyl (C=O) groups excluding carboxylic acids is 2. The van der Waals surface area contributed by atoms with Gasteiger partial charge in [-0.05, 0) is 31.2 Å². The highest BCUT2D eigenvalue weighted by Crippen LogP contribution is 2.29. The first kappa shape index (κ1) is 17.0. The Morgan fingerprint density at radius 3 is 2.52 bits per heavy atom. The van der Waals surface area contributed by atoms with Crippen molar-refractivity contribution in [3.8, 4) is 0 Å². The lowest BCUT2D eigenvalue weighted by Crippen LogP contribution is -2.30. The molecule has 25 heavy (non-hydrogen) atoms. The van der Waals surface area contributed by atoms with Crippen LogP contribution in [-0.2, 0) is 4.74 Å². The Hall–Kier alpha value is -2.80. The maximum Gasteiger partial charge on any atom is 0.356 e. The van der Waals surface area contributed by atoms with Gasteiger partial charge in [0.05, 0.1) is 23.4 Å². The molecule has 0 aliphatic carbocycles. The summed E-state index contributed by atoms with van der Waals surface area (Å²) in [6.07, 6.45) is 0. The van der Waals surface area contributed by atoms with E-state index in [2.05, 4.69) is 14.7 Å². The molecule has 0 fully saturated rings. The number of pyridine rings is 1. The molecular weight excluding hydrogens is 338 g/mol. The zero-order valence-electron chi connectivity index (χ0n) is 14.1. The first-order chi connectivity index (χ1) is 12.0. The SMILES string of the molecule is COC(=O)c1cccc(C(=O)N(C)[C@H](C)c2nc3ccccc3s2)n1. The van der Waals surface area contributed by atoms with Crippen molar-refractivity contribution in [1.29, 1.82) is 0 Å². The molecule has 1 aromatic carbocycles. The van der Waals surface area contributed by atoms with E-state index in [9.17, 15) is 9.59 Å². The third-order valence-corrected chi connectivity index (χ3v) is 5.14. The molecule has 0 radical (unpaired) electrons. The molecule has 0 bridgehead atoms. The van der Waals surface area contributed by atoms with E-state index in [4.69, 9.17) is 0 Å². The van der Waals surface area contributed by atoms with Crippen LogP contribution in [0.3, 0.4) is 0 Å². The molecule has 2 aromatic heterocycles. The van der Waals surface area contributed by atoms with E-state index in [1.807, 2.05) is 31.2 Å². The zero-order valence-corrected chi connectivity index (χ0v) is 14.9. The first-order valence-electron chi connectivity index (χ1n) is 7.69. The minimum Gasteiger partial charge on any atom is -0.464 e. The second kappa shape index (κ2) is 6.98. The van der Waals surface area contributed by atoms with Gasteiger partial charge < -0.3 is 9.64 Å². The molecule has 128 valence electrons. The summed E-state index contributed by atoms with van der Waals surface area (Å²) in [7, 11) is 2.98. The number of esters is 1. The average molecular weight is 355 g/mol. The standard InChI is InChI=1S/C18H17N3O3S/c1-11(16-20-12-7-4-5-10-15(12)25-16)21(2)17(22)13-8-6-9-14(19-13)18(23)24-3/h4-11H,1-3H3/t11-/m1/s1. The number of hydrogen-bond donors (Lipinski definition) is 0. The van der Waals surface area contributed by atoms with Crippen molar-refractivity contribution >= 4 is 33.4 Å². The molecule has 0 spiro atoms. The van der Waals surface area contributed by atoms with Crippen molar-refractivity contribution < 1.29 is 14.3 Å². The van der Waals surface area contributed by atoms with E-state index >= 15 is 0 Å². The lowest BCUT2D eigenvalue weighted by molar-refractivity contribution is 0.0593. The Bertz CT molecular complexity index is 905. The third kappa shape index (κ3) is 3.36. The predicted octanol–water partition coefficient (Wildman–Crippen LogP) is 3.31. The Morgan fingerprint density at radius 2 is 1.80 bits per heavy atom. The molecule has 1 atom stereocenters. The fourth-order valence-electron chi connectivity index (χ4n) is 2.36. The van der Waals surface area contributed by atoms with Gasteiger partial charge in [-0.1, -0.05) is 18.2 Å². The number of hydrogen-bond acceptors (Lipinski definition) is 6. The van der Waals surface area contributed by atoms with Gasteiger partial charge in [0.2, 0.25) is 0 Å². The number of methoxy groups -OCH3 is 1. The van der Waals surface area contributed by atoms with Gasteiger partial charge in [-0.3, -0.25) is 4.79 Å². The van der Waals surface area contributed by atoms with Gasteiger partial charge in [-0.25, -0.2) is 14.8 Å². The average Bonchev–Trinajstić information content (AvgIpc) is 3.09. The summed E-state index contributed by atoms with van der Waals surface area (Å²) in [5.41, 5.74) is 1.22. The molecule has 6 nitrogen and oxygen atoms in total. The van der Waals surface area contributed by atoms with Crippen molar-refractivity contribution in [2.24, 2.45) is 0 Å². The number of carbonyl (C=O) groups is 2. The summed E-state index contributed by atoms with van der Waals surface area (Å²) >= 11 is 1.56. The van der Waals surface area contributed by atoms with Crippen LogP contribution >= 0.6 is 11.3 Å². The topological polar surface area (TPSA) is 72.4 Å². The molecule has 0 saturated heterocycles. The Balaban J connectivity index is 1.85. The van der Waals surface area contributed by atoms with Crippen LogP contribution in [0.1, 0.15) is 39.0 Å². The van der Waals surface area contributed by atoms with Crippen molar-refractivity contribution in [2.45, 2.75) is 13.0 Å². The van der Waals surface area contributed by atoms with Gasteiger partial charge >= 0.3 is 5.97 Å². The quantitative estimate of drug-likeness (QED) is 0.671. The van der Waals surface area contributed by atoms with Crippen LogP contribution in [0.4, 0.5) is 0 Å². The molecule has 7 heteroatoms. The Kier molecular flexibility index (Phi) is 4.76. The number of amides is 1. The van der Waals surface area contributed by atoms with Crippen LogP contribution in [0.2, 0.25) is 0 Å². The highest BCUT2D eigenvalue weighted by Gasteiger charge is 2.23. The Morgan fingerprint density at radius 1 is 1.08 bits per heavy atom. The van der Waals surface area contributed by atoms with Crippen LogP contribution in [-0.4, -0.2) is 40.9 Å². The summed E-state index contributed by atoms with van der Waals surface area (Å²) in [5.74, 6) is -0.853. The number of aromatic nitrogens is 2. The van der Waals surface area contributed by atoms with E-state index < -0.39 is 5.97 Å². The van der Waals surface area contributed by atoms with E-state index in [1.54, 1.807) is 35.4 Å². The second-order valence-electron chi connectivity index (χ2n) is 5.51. The molecular formula is C18H17N3O3S. The normalized spacial score (nSPS) is 12.0. The van der Waals surface area contributed by atoms with Gasteiger partial charge in [0.1, 0.15) is 16.4 Å². The number of fused-ring (bicyclic) bond motifs is 1. The van der Waals surface area contributed by atoms with Gasteiger partial charge in [-0.15, -0.1) is 11.3 Å².